The summed E-state index contributed by atoms with van der Waals surface area (Å²) in [6.45, 7) is 5.09. The van der Waals surface area contributed by atoms with Crippen molar-refractivity contribution in [2.24, 2.45) is 23.2 Å². The van der Waals surface area contributed by atoms with Gasteiger partial charge in [-0.15, -0.1) is 0 Å². The number of carbonyl (C=O) groups is 1. The van der Waals surface area contributed by atoms with E-state index in [4.69, 9.17) is 14.7 Å². The molecule has 5 aliphatic rings. The predicted octanol–water partition coefficient (Wildman–Crippen LogP) is 4.40. The van der Waals surface area contributed by atoms with Crippen LogP contribution in [0.3, 0.4) is 0 Å². The molecule has 0 radical (unpaired) electrons. The van der Waals surface area contributed by atoms with E-state index in [-0.39, 0.29) is 5.41 Å². The van der Waals surface area contributed by atoms with Crippen LogP contribution in [-0.4, -0.2) is 54.1 Å². The van der Waals surface area contributed by atoms with E-state index in [2.05, 4.69) is 15.1 Å². The number of benzene rings is 1. The Morgan fingerprint density at radius 2 is 1.59 bits per heavy atom. The summed E-state index contributed by atoms with van der Waals surface area (Å²) in [4.78, 5) is 27.6. The van der Waals surface area contributed by atoms with Crippen LogP contribution in [0.15, 0.2) is 30.3 Å². The molecule has 4 bridgehead atoms. The van der Waals surface area contributed by atoms with E-state index in [1.807, 2.05) is 37.3 Å². The number of rotatable bonds is 5. The van der Waals surface area contributed by atoms with Crippen molar-refractivity contribution in [3.63, 3.8) is 0 Å². The van der Waals surface area contributed by atoms with Crippen LogP contribution in [0, 0.1) is 30.1 Å². The minimum Gasteiger partial charge on any atom is -0.497 e. The number of aromatic nitrogens is 2. The summed E-state index contributed by atoms with van der Waals surface area (Å²) >= 11 is 0. The molecular formula is C27H35N5O2. The van der Waals surface area contributed by atoms with E-state index < -0.39 is 0 Å². The van der Waals surface area contributed by atoms with Crippen LogP contribution in [0.4, 0.5) is 17.5 Å². The number of hydrogen-bond donors (Lipinski definition) is 1. The van der Waals surface area contributed by atoms with Crippen LogP contribution in [0.1, 0.15) is 44.2 Å². The molecule has 4 aliphatic carbocycles. The molecule has 2 heterocycles. The first-order valence-electron chi connectivity index (χ1n) is 12.8. The molecule has 0 spiro atoms. The number of nitrogens with zero attached hydrogens (tertiary/aromatic N) is 4. The Labute approximate surface area is 201 Å². The molecule has 0 atom stereocenters. The zero-order valence-electron chi connectivity index (χ0n) is 20.3. The lowest BCUT2D eigenvalue weighted by Crippen LogP contribution is -2.58. The summed E-state index contributed by atoms with van der Waals surface area (Å²) < 4.78 is 5.24. The van der Waals surface area contributed by atoms with Gasteiger partial charge in [0.1, 0.15) is 11.6 Å². The molecule has 34 heavy (non-hydrogen) atoms. The minimum atomic E-state index is -0.0494. The van der Waals surface area contributed by atoms with E-state index in [9.17, 15) is 4.79 Å². The predicted molar refractivity (Wildman–Crippen MR) is 132 cm³/mol. The van der Waals surface area contributed by atoms with Gasteiger partial charge >= 0.3 is 0 Å². The SMILES string of the molecule is COc1ccc(Nc2cc(C)nc(N3CCN(C(=O)C45CC6CC(CC(C6)C4)C5)CC3)n2)cc1. The lowest BCUT2D eigenvalue weighted by molar-refractivity contribution is -0.158. The van der Waals surface area contributed by atoms with Crippen LogP contribution in [0.5, 0.6) is 5.75 Å². The van der Waals surface area contributed by atoms with E-state index >= 15 is 0 Å². The van der Waals surface area contributed by atoms with Crippen molar-refractivity contribution < 1.29 is 9.53 Å². The third-order valence-electron chi connectivity index (χ3n) is 8.55. The summed E-state index contributed by atoms with van der Waals surface area (Å²) in [5.41, 5.74) is 1.83. The molecular weight excluding hydrogens is 426 g/mol. The van der Waals surface area contributed by atoms with E-state index in [1.165, 1.54) is 19.3 Å². The highest BCUT2D eigenvalue weighted by atomic mass is 16.5. The molecule has 180 valence electrons. The van der Waals surface area contributed by atoms with E-state index in [0.29, 0.717) is 5.91 Å². The summed E-state index contributed by atoms with van der Waals surface area (Å²) in [5.74, 6) is 5.18. The highest BCUT2D eigenvalue weighted by molar-refractivity contribution is 5.83. The van der Waals surface area contributed by atoms with Gasteiger partial charge in [0, 0.05) is 43.6 Å². The highest BCUT2D eigenvalue weighted by Gasteiger charge is 2.55. The molecule has 1 saturated heterocycles. The van der Waals surface area contributed by atoms with Gasteiger partial charge in [0.25, 0.3) is 0 Å². The first kappa shape index (κ1) is 21.7. The summed E-state index contributed by atoms with van der Waals surface area (Å²) in [5, 5.41) is 3.38. The smallest absolute Gasteiger partial charge is 0.228 e. The van der Waals surface area contributed by atoms with Crippen molar-refractivity contribution in [2.45, 2.75) is 45.4 Å². The Kier molecular flexibility index (Phi) is 5.38. The number of methoxy groups -OCH3 is 1. The standard InChI is InChI=1S/C27H35N5O2/c1-18-11-24(29-22-3-5-23(34-2)6-4-22)30-26(28-18)32-9-7-31(8-10-32)25(33)27-15-19-12-20(16-27)14-21(13-19)17-27/h3-6,11,19-21H,7-10,12-17H2,1-2H3,(H,28,29,30). The second-order valence-corrected chi connectivity index (χ2v) is 11.0. The van der Waals surface area contributed by atoms with Crippen molar-refractivity contribution in [1.29, 1.82) is 0 Å². The third kappa shape index (κ3) is 3.99. The molecule has 1 aromatic heterocycles. The number of piperazine rings is 1. The number of nitrogens with one attached hydrogen (secondary N) is 1. The third-order valence-corrected chi connectivity index (χ3v) is 8.55. The molecule has 1 aliphatic heterocycles. The van der Waals surface area contributed by atoms with Crippen LogP contribution in [0.25, 0.3) is 0 Å². The number of carbonyl (C=O) groups excluding carboxylic acids is 1. The number of ether oxygens (including phenoxy) is 1. The van der Waals surface area contributed by atoms with E-state index in [1.54, 1.807) is 7.11 Å². The number of aryl methyl sites for hydroxylation is 1. The fourth-order valence-corrected chi connectivity index (χ4v) is 7.40. The van der Waals surface area contributed by atoms with Crippen molar-refractivity contribution in [3.05, 3.63) is 36.0 Å². The number of hydrogen-bond acceptors (Lipinski definition) is 6. The average Bonchev–Trinajstić information content (AvgIpc) is 2.83. The van der Waals surface area contributed by atoms with Gasteiger partial charge in [-0.1, -0.05) is 0 Å². The van der Waals surface area contributed by atoms with Crippen LogP contribution in [-0.2, 0) is 4.79 Å². The first-order chi connectivity index (χ1) is 16.5. The normalized spacial score (nSPS) is 29.9. The zero-order chi connectivity index (χ0) is 23.3. The van der Waals surface area contributed by atoms with Crippen molar-refractivity contribution in [1.82, 2.24) is 14.9 Å². The van der Waals surface area contributed by atoms with Crippen molar-refractivity contribution in [3.8, 4) is 5.75 Å². The Hall–Kier alpha value is -2.83. The fourth-order valence-electron chi connectivity index (χ4n) is 7.40. The van der Waals surface area contributed by atoms with Gasteiger partial charge in [0.05, 0.1) is 12.5 Å². The van der Waals surface area contributed by atoms with Gasteiger partial charge in [-0.3, -0.25) is 4.79 Å². The summed E-state index contributed by atoms with van der Waals surface area (Å²) in [6, 6.07) is 9.77. The van der Waals surface area contributed by atoms with Crippen molar-refractivity contribution in [2.75, 3.05) is 43.5 Å². The van der Waals surface area contributed by atoms with Crippen LogP contribution in [0.2, 0.25) is 0 Å². The lowest BCUT2D eigenvalue weighted by Gasteiger charge is -2.57. The maximum atomic E-state index is 13.7. The second-order valence-electron chi connectivity index (χ2n) is 11.0. The van der Waals surface area contributed by atoms with Gasteiger partial charge < -0.3 is 19.9 Å². The second kappa shape index (κ2) is 8.43. The molecule has 0 unspecified atom stereocenters. The molecule has 4 saturated carbocycles. The largest absolute Gasteiger partial charge is 0.497 e. The number of anilines is 3. The zero-order valence-corrected chi connectivity index (χ0v) is 20.3. The minimum absolute atomic E-state index is 0.0494. The molecule has 1 aromatic carbocycles. The van der Waals surface area contributed by atoms with Gasteiger partial charge in [-0.2, -0.15) is 4.98 Å². The first-order valence-corrected chi connectivity index (χ1v) is 12.8. The lowest BCUT2D eigenvalue weighted by atomic mass is 9.49. The molecule has 7 nitrogen and oxygen atoms in total. The Morgan fingerprint density at radius 1 is 0.971 bits per heavy atom. The summed E-state index contributed by atoms with van der Waals surface area (Å²) in [7, 11) is 1.67. The maximum absolute atomic E-state index is 13.7. The quantitative estimate of drug-likeness (QED) is 0.712. The van der Waals surface area contributed by atoms with Gasteiger partial charge in [0.2, 0.25) is 11.9 Å². The van der Waals surface area contributed by atoms with E-state index in [0.717, 1.165) is 92.1 Å². The molecule has 1 N–H and O–H groups in total. The van der Waals surface area contributed by atoms with Gasteiger partial charge in [-0.25, -0.2) is 4.98 Å². The molecule has 7 heteroatoms. The molecule has 7 rings (SSSR count). The van der Waals surface area contributed by atoms with Crippen LogP contribution < -0.4 is 15.0 Å². The number of amides is 1. The van der Waals surface area contributed by atoms with Gasteiger partial charge in [-0.05, 0) is 87.5 Å². The maximum Gasteiger partial charge on any atom is 0.228 e. The summed E-state index contributed by atoms with van der Waals surface area (Å²) in [6.07, 6.45) is 7.53. The van der Waals surface area contributed by atoms with Gasteiger partial charge in [0.15, 0.2) is 0 Å². The Bertz CT molecular complexity index is 1030. The highest BCUT2D eigenvalue weighted by Crippen LogP contribution is 2.60. The van der Waals surface area contributed by atoms with Crippen molar-refractivity contribution >= 4 is 23.4 Å². The Morgan fingerprint density at radius 3 is 2.18 bits per heavy atom. The molecule has 2 aromatic rings. The fraction of sp³-hybridized carbons (Fsp3) is 0.593. The Balaban J connectivity index is 1.11. The average molecular weight is 462 g/mol. The molecule has 1 amide bonds. The topological polar surface area (TPSA) is 70.6 Å². The monoisotopic (exact) mass is 461 g/mol. The van der Waals surface area contributed by atoms with Crippen LogP contribution >= 0.6 is 0 Å². The molecule has 5 fully saturated rings.